The number of esters is 1. The van der Waals surface area contributed by atoms with Crippen LogP contribution in [-0.2, 0) is 11.2 Å². The second kappa shape index (κ2) is 11.1. The van der Waals surface area contributed by atoms with Crippen molar-refractivity contribution in [3.05, 3.63) is 75.3 Å². The largest absolute Gasteiger partial charge is 0.493 e. The van der Waals surface area contributed by atoms with E-state index in [9.17, 15) is 9.90 Å². The number of methoxy groups -OCH3 is 3. The predicted molar refractivity (Wildman–Crippen MR) is 149 cm³/mol. The Morgan fingerprint density at radius 1 is 1.07 bits per heavy atom. The van der Waals surface area contributed by atoms with Crippen molar-refractivity contribution in [1.29, 1.82) is 0 Å². The Labute approximate surface area is 242 Å². The molecule has 0 radical (unpaired) electrons. The molecule has 3 aromatic rings. The number of aliphatic hydroxyl groups excluding tert-OH is 1. The summed E-state index contributed by atoms with van der Waals surface area (Å²) in [6.07, 6.45) is -0.111. The minimum Gasteiger partial charge on any atom is -0.493 e. The lowest BCUT2D eigenvalue weighted by Gasteiger charge is -2.43. The van der Waals surface area contributed by atoms with Gasteiger partial charge in [-0.15, -0.1) is 0 Å². The summed E-state index contributed by atoms with van der Waals surface area (Å²) in [6.45, 7) is 0.334. The number of cyclic esters (lactones) is 1. The van der Waals surface area contributed by atoms with E-state index in [1.54, 1.807) is 25.3 Å². The van der Waals surface area contributed by atoms with Crippen molar-refractivity contribution >= 4 is 17.6 Å². The summed E-state index contributed by atoms with van der Waals surface area (Å²) < 4.78 is 34.7. The van der Waals surface area contributed by atoms with Gasteiger partial charge in [0, 0.05) is 22.7 Å². The van der Waals surface area contributed by atoms with Gasteiger partial charge in [-0.05, 0) is 41.8 Å². The highest BCUT2D eigenvalue weighted by Crippen LogP contribution is 2.56. The van der Waals surface area contributed by atoms with Gasteiger partial charge in [-0.1, -0.05) is 41.6 Å². The molecule has 0 saturated carbocycles. The summed E-state index contributed by atoms with van der Waals surface area (Å²) in [5, 5.41) is 10.2. The number of ether oxygens (including phenoxy) is 6. The molecule has 3 atom stereocenters. The lowest BCUT2D eigenvalue weighted by atomic mass is 9.83. The van der Waals surface area contributed by atoms with Crippen LogP contribution in [0, 0.1) is 11.8 Å². The molecule has 1 unspecified atom stereocenters. The van der Waals surface area contributed by atoms with Gasteiger partial charge in [-0.2, -0.15) is 0 Å². The third kappa shape index (κ3) is 4.49. The highest BCUT2D eigenvalue weighted by Gasteiger charge is 2.48. The molecule has 3 aromatic carbocycles. The van der Waals surface area contributed by atoms with Gasteiger partial charge in [0.25, 0.3) is 0 Å². The van der Waals surface area contributed by atoms with E-state index in [0.29, 0.717) is 57.9 Å². The molecule has 3 aliphatic heterocycles. The Bertz CT molecular complexity index is 1560. The van der Waals surface area contributed by atoms with E-state index in [-0.39, 0.29) is 13.4 Å². The maximum absolute atomic E-state index is 13.4. The van der Waals surface area contributed by atoms with Crippen LogP contribution in [0.1, 0.15) is 50.8 Å². The predicted octanol–water partition coefficient (Wildman–Crippen LogP) is 4.64. The second-order valence-electron chi connectivity index (χ2n) is 9.67. The van der Waals surface area contributed by atoms with E-state index >= 15 is 0 Å². The van der Waals surface area contributed by atoms with Crippen LogP contribution in [0.15, 0.2) is 42.5 Å². The molecule has 41 heavy (non-hydrogen) atoms. The first-order chi connectivity index (χ1) is 20.0. The lowest BCUT2D eigenvalue weighted by molar-refractivity contribution is -0.00370. The Morgan fingerprint density at radius 2 is 1.85 bits per heavy atom. The standard InChI is InChI=1S/C31H28ClNO8/c1-36-22-11-10-20-25(28(22)37-2)31(35)41-27(20)26-24-18(15-23-29(30(24)38-3)40-16-39-23)12-13-33(26)21(5-4-14-34)17-6-8-19(32)9-7-17/h6-11,15,21,26-27,34H,12-14,16H2,1-3H3/t21?,26-,27+/m0/s1. The fourth-order valence-electron chi connectivity index (χ4n) is 5.99. The van der Waals surface area contributed by atoms with Crippen LogP contribution in [0.25, 0.3) is 0 Å². The van der Waals surface area contributed by atoms with Crippen LogP contribution >= 0.6 is 11.6 Å². The van der Waals surface area contributed by atoms with E-state index < -0.39 is 24.2 Å². The number of fused-ring (bicyclic) bond motifs is 3. The summed E-state index contributed by atoms with van der Waals surface area (Å²) in [6, 6.07) is 11.9. The zero-order chi connectivity index (χ0) is 28.7. The molecule has 6 rings (SSSR count). The molecule has 212 valence electrons. The van der Waals surface area contributed by atoms with Crippen molar-refractivity contribution in [2.24, 2.45) is 0 Å². The van der Waals surface area contributed by atoms with E-state index in [2.05, 4.69) is 16.7 Å². The molecule has 0 aliphatic carbocycles. The van der Waals surface area contributed by atoms with Gasteiger partial charge < -0.3 is 33.5 Å². The van der Waals surface area contributed by atoms with Gasteiger partial charge >= 0.3 is 5.97 Å². The smallest absolute Gasteiger partial charge is 0.343 e. The van der Waals surface area contributed by atoms with Gasteiger partial charge in [0.1, 0.15) is 18.3 Å². The number of benzene rings is 3. The summed E-state index contributed by atoms with van der Waals surface area (Å²) >= 11 is 6.21. The van der Waals surface area contributed by atoms with Crippen molar-refractivity contribution in [3.63, 3.8) is 0 Å². The van der Waals surface area contributed by atoms with Crippen molar-refractivity contribution in [2.45, 2.75) is 24.6 Å². The first-order valence-electron chi connectivity index (χ1n) is 13.1. The molecule has 0 spiro atoms. The van der Waals surface area contributed by atoms with Crippen LogP contribution in [0.3, 0.4) is 0 Å². The average Bonchev–Trinajstić information content (AvgIpc) is 3.60. The summed E-state index contributed by atoms with van der Waals surface area (Å²) in [5.74, 6) is 7.91. The number of aliphatic hydroxyl groups is 1. The Kier molecular flexibility index (Phi) is 7.30. The molecule has 0 bridgehead atoms. The molecule has 0 amide bonds. The quantitative estimate of drug-likeness (QED) is 0.332. The topological polar surface area (TPSA) is 95.9 Å². The number of carbonyl (C=O) groups excluding carboxylic acids is 1. The van der Waals surface area contributed by atoms with Crippen LogP contribution in [0.2, 0.25) is 5.02 Å². The highest BCUT2D eigenvalue weighted by molar-refractivity contribution is 6.30. The Balaban J connectivity index is 1.58. The maximum atomic E-state index is 13.4. The van der Waals surface area contributed by atoms with Crippen LogP contribution in [0.5, 0.6) is 28.7 Å². The molecular formula is C31H28ClNO8. The van der Waals surface area contributed by atoms with Gasteiger partial charge in [-0.3, -0.25) is 4.90 Å². The van der Waals surface area contributed by atoms with Crippen molar-refractivity contribution in [1.82, 2.24) is 4.90 Å². The highest BCUT2D eigenvalue weighted by atomic mass is 35.5. The summed E-state index contributed by atoms with van der Waals surface area (Å²) in [4.78, 5) is 15.6. The van der Waals surface area contributed by atoms with Crippen LogP contribution in [0.4, 0.5) is 0 Å². The van der Waals surface area contributed by atoms with E-state index in [1.807, 2.05) is 24.3 Å². The molecule has 0 fully saturated rings. The first kappa shape index (κ1) is 27.1. The second-order valence-corrected chi connectivity index (χ2v) is 10.1. The number of hydrogen-bond acceptors (Lipinski definition) is 9. The van der Waals surface area contributed by atoms with Crippen LogP contribution < -0.4 is 23.7 Å². The lowest BCUT2D eigenvalue weighted by Crippen LogP contribution is -2.41. The zero-order valence-electron chi connectivity index (χ0n) is 22.7. The van der Waals surface area contributed by atoms with Crippen molar-refractivity contribution in [2.75, 3.05) is 41.3 Å². The first-order valence-corrected chi connectivity index (χ1v) is 13.4. The summed E-state index contributed by atoms with van der Waals surface area (Å²) in [5.41, 5.74) is 3.64. The van der Waals surface area contributed by atoms with Crippen LogP contribution in [-0.4, -0.2) is 57.2 Å². The molecule has 10 heteroatoms. The third-order valence-corrected chi connectivity index (χ3v) is 7.94. The Hall–Kier alpha value is -4.10. The number of halogens is 1. The third-order valence-electron chi connectivity index (χ3n) is 7.68. The Morgan fingerprint density at radius 3 is 2.56 bits per heavy atom. The fourth-order valence-corrected chi connectivity index (χ4v) is 6.11. The van der Waals surface area contributed by atoms with Crippen molar-refractivity contribution in [3.8, 4) is 40.6 Å². The van der Waals surface area contributed by atoms with Gasteiger partial charge in [-0.25, -0.2) is 4.79 Å². The average molecular weight is 578 g/mol. The molecule has 9 nitrogen and oxygen atoms in total. The number of hydrogen-bond donors (Lipinski definition) is 1. The minimum absolute atomic E-state index is 0.0799. The molecule has 3 aliphatic rings. The number of nitrogens with zero attached hydrogens (tertiary/aromatic N) is 1. The molecule has 0 aromatic heterocycles. The molecule has 3 heterocycles. The minimum atomic E-state index is -0.753. The molecular weight excluding hydrogens is 550 g/mol. The van der Waals surface area contributed by atoms with Gasteiger partial charge in [0.15, 0.2) is 23.0 Å². The fraction of sp³-hybridized carbons (Fsp3) is 0.323. The monoisotopic (exact) mass is 577 g/mol. The zero-order valence-corrected chi connectivity index (χ0v) is 23.5. The molecule has 1 N–H and O–H groups in total. The maximum Gasteiger partial charge on any atom is 0.343 e. The van der Waals surface area contributed by atoms with Gasteiger partial charge in [0.2, 0.25) is 12.5 Å². The van der Waals surface area contributed by atoms with E-state index in [1.165, 1.54) is 14.2 Å². The van der Waals surface area contributed by atoms with E-state index in [4.69, 9.17) is 40.0 Å². The SMILES string of the molecule is COc1ccc2c(c1OC)C(=O)O[C@H]2[C@@H]1c2c(cc3c(c2OC)OCO3)CCN1C(C#CCO)c1ccc(Cl)cc1. The number of carbonyl (C=O) groups is 1. The van der Waals surface area contributed by atoms with E-state index in [0.717, 1.165) is 16.7 Å². The summed E-state index contributed by atoms with van der Waals surface area (Å²) in [7, 11) is 4.59. The molecule has 0 saturated heterocycles. The number of rotatable bonds is 6. The van der Waals surface area contributed by atoms with Crippen molar-refractivity contribution < 1.29 is 38.3 Å². The van der Waals surface area contributed by atoms with Gasteiger partial charge in [0.05, 0.1) is 33.4 Å². The normalized spacial score (nSPS) is 19.4.